The van der Waals surface area contributed by atoms with Gasteiger partial charge < -0.3 is 14.6 Å². The fraction of sp³-hybridized carbons (Fsp3) is 0.769. The predicted molar refractivity (Wildman–Crippen MR) is 70.3 cm³/mol. The van der Waals surface area contributed by atoms with Gasteiger partial charge in [0.1, 0.15) is 0 Å². The first-order valence-electron chi connectivity index (χ1n) is 7.16. The molecule has 7 heteroatoms. The first kappa shape index (κ1) is 13.5. The Morgan fingerprint density at radius 3 is 2.80 bits per heavy atom. The minimum Gasteiger partial charge on any atom is -0.381 e. The number of carbonyl (C=O) groups excluding carboxylic acids is 1. The van der Waals surface area contributed by atoms with Crippen LogP contribution in [0.1, 0.15) is 35.8 Å². The van der Waals surface area contributed by atoms with Gasteiger partial charge in [-0.15, -0.1) is 0 Å². The number of carbonyl (C=O) groups is 1. The van der Waals surface area contributed by atoms with Gasteiger partial charge in [0.25, 0.3) is 11.7 Å². The molecule has 0 aliphatic carbocycles. The molecule has 2 fully saturated rings. The molecule has 1 aromatic rings. The average Bonchev–Trinajstić information content (AvgIpc) is 2.85. The highest BCUT2D eigenvalue weighted by atomic mass is 16.5. The molecule has 3 heterocycles. The third-order valence-electron chi connectivity index (χ3n) is 4.08. The van der Waals surface area contributed by atoms with Gasteiger partial charge >= 0.3 is 0 Å². The maximum absolute atomic E-state index is 11.9. The molecular weight excluding hydrogens is 260 g/mol. The highest BCUT2D eigenvalue weighted by molar-refractivity contribution is 5.90. The summed E-state index contributed by atoms with van der Waals surface area (Å²) in [7, 11) is 0. The molecule has 1 unspecified atom stereocenters. The number of aromatic nitrogens is 2. The Bertz CT molecular complexity index is 470. The van der Waals surface area contributed by atoms with Crippen molar-refractivity contribution >= 4 is 5.91 Å². The third-order valence-corrected chi connectivity index (χ3v) is 4.08. The van der Waals surface area contributed by atoms with E-state index in [1.807, 2.05) is 0 Å². The van der Waals surface area contributed by atoms with Gasteiger partial charge in [-0.1, -0.05) is 5.16 Å². The smallest absolute Gasteiger partial charge is 0.292 e. The normalized spacial score (nSPS) is 24.4. The van der Waals surface area contributed by atoms with Crippen LogP contribution in [0.15, 0.2) is 4.52 Å². The Balaban J connectivity index is 1.47. The number of nitrogens with zero attached hydrogens (tertiary/aromatic N) is 3. The number of amides is 1. The second-order valence-electron chi connectivity index (χ2n) is 5.37. The number of ether oxygens (including phenoxy) is 1. The van der Waals surface area contributed by atoms with E-state index in [2.05, 4.69) is 20.4 Å². The molecule has 1 aromatic heterocycles. The van der Waals surface area contributed by atoms with E-state index in [9.17, 15) is 4.79 Å². The van der Waals surface area contributed by atoms with Crippen LogP contribution in [0.25, 0.3) is 0 Å². The predicted octanol–water partition coefficient (Wildman–Crippen LogP) is 0.361. The minimum atomic E-state index is -0.263. The summed E-state index contributed by atoms with van der Waals surface area (Å²) < 4.78 is 10.2. The van der Waals surface area contributed by atoms with Gasteiger partial charge in [-0.05, 0) is 19.3 Å². The monoisotopic (exact) mass is 280 g/mol. The van der Waals surface area contributed by atoms with Crippen molar-refractivity contribution in [1.82, 2.24) is 20.4 Å². The van der Waals surface area contributed by atoms with Crippen molar-refractivity contribution in [2.75, 3.05) is 26.3 Å². The lowest BCUT2D eigenvalue weighted by molar-refractivity contribution is -0.0222. The van der Waals surface area contributed by atoms with Crippen molar-refractivity contribution in [3.05, 3.63) is 11.7 Å². The van der Waals surface area contributed by atoms with Crippen LogP contribution in [0.3, 0.4) is 0 Å². The Labute approximate surface area is 117 Å². The molecular formula is C13H20N4O3. The van der Waals surface area contributed by atoms with E-state index in [0.717, 1.165) is 39.0 Å². The largest absolute Gasteiger partial charge is 0.381 e. The summed E-state index contributed by atoms with van der Waals surface area (Å²) in [5, 5.41) is 6.50. The molecule has 0 radical (unpaired) electrons. The van der Waals surface area contributed by atoms with Gasteiger partial charge in [0.05, 0.1) is 0 Å². The van der Waals surface area contributed by atoms with Crippen molar-refractivity contribution in [2.45, 2.75) is 38.3 Å². The molecule has 2 aliphatic heterocycles. The summed E-state index contributed by atoms with van der Waals surface area (Å²) in [4.78, 5) is 18.2. The highest BCUT2D eigenvalue weighted by Crippen LogP contribution is 2.25. The van der Waals surface area contributed by atoms with Crippen LogP contribution in [0.2, 0.25) is 0 Å². The zero-order valence-corrected chi connectivity index (χ0v) is 11.7. The van der Waals surface area contributed by atoms with E-state index in [-0.39, 0.29) is 11.7 Å². The Hall–Kier alpha value is -1.47. The van der Waals surface area contributed by atoms with Gasteiger partial charge in [-0.3, -0.25) is 9.69 Å². The highest BCUT2D eigenvalue weighted by Gasteiger charge is 2.34. The molecule has 0 aromatic carbocycles. The van der Waals surface area contributed by atoms with Crippen LogP contribution < -0.4 is 5.32 Å². The van der Waals surface area contributed by atoms with Crippen molar-refractivity contribution in [3.8, 4) is 0 Å². The second-order valence-corrected chi connectivity index (χ2v) is 5.37. The average molecular weight is 280 g/mol. The summed E-state index contributed by atoms with van der Waals surface area (Å²) in [5.74, 6) is 0.253. The van der Waals surface area contributed by atoms with Crippen LogP contribution in [0.5, 0.6) is 0 Å². The summed E-state index contributed by atoms with van der Waals surface area (Å²) in [6.45, 7) is 5.13. The van der Waals surface area contributed by atoms with Crippen LogP contribution >= 0.6 is 0 Å². The molecule has 20 heavy (non-hydrogen) atoms. The molecule has 3 rings (SSSR count). The molecule has 1 N–H and O–H groups in total. The molecule has 1 atom stereocenters. The van der Waals surface area contributed by atoms with Gasteiger partial charge in [0.2, 0.25) is 5.89 Å². The van der Waals surface area contributed by atoms with Crippen LogP contribution in [-0.4, -0.2) is 59.3 Å². The van der Waals surface area contributed by atoms with Crippen molar-refractivity contribution in [1.29, 1.82) is 0 Å². The first-order chi connectivity index (χ1) is 9.74. The lowest BCUT2D eigenvalue weighted by atomic mass is 9.95. The number of nitrogens with one attached hydrogen (secondary N) is 1. The number of hydrogen-bond donors (Lipinski definition) is 1. The van der Waals surface area contributed by atoms with Crippen LogP contribution in [0.4, 0.5) is 0 Å². The SMILES string of the molecule is Cc1nc(C(=O)NCC2CCN2C2CCOCC2)no1. The topological polar surface area (TPSA) is 80.5 Å². The molecule has 0 spiro atoms. The quantitative estimate of drug-likeness (QED) is 0.858. The molecule has 0 saturated carbocycles. The maximum atomic E-state index is 11.9. The first-order valence-corrected chi connectivity index (χ1v) is 7.16. The molecule has 7 nitrogen and oxygen atoms in total. The van der Waals surface area contributed by atoms with E-state index in [1.54, 1.807) is 6.92 Å². The standard InChI is InChI=1S/C13H20N4O3/c1-9-15-12(16-20-9)13(18)14-8-11-2-5-17(11)10-3-6-19-7-4-10/h10-11H,2-8H2,1H3,(H,14,18). The summed E-state index contributed by atoms with van der Waals surface area (Å²) in [5.41, 5.74) is 0. The van der Waals surface area contributed by atoms with Crippen molar-refractivity contribution < 1.29 is 14.1 Å². The van der Waals surface area contributed by atoms with E-state index in [1.165, 1.54) is 0 Å². The second kappa shape index (κ2) is 5.88. The Kier molecular flexibility index (Phi) is 3.98. The molecule has 0 bridgehead atoms. The van der Waals surface area contributed by atoms with E-state index in [0.29, 0.717) is 24.5 Å². The van der Waals surface area contributed by atoms with Gasteiger partial charge in [0.15, 0.2) is 0 Å². The Morgan fingerprint density at radius 1 is 1.40 bits per heavy atom. The fourth-order valence-electron chi connectivity index (χ4n) is 2.86. The summed E-state index contributed by atoms with van der Waals surface area (Å²) >= 11 is 0. The zero-order valence-electron chi connectivity index (χ0n) is 11.7. The lowest BCUT2D eigenvalue weighted by Gasteiger charge is -2.47. The van der Waals surface area contributed by atoms with Crippen molar-refractivity contribution in [3.63, 3.8) is 0 Å². The molecule has 2 aliphatic rings. The molecule has 1 amide bonds. The lowest BCUT2D eigenvalue weighted by Crippen LogP contribution is -2.58. The van der Waals surface area contributed by atoms with E-state index < -0.39 is 0 Å². The van der Waals surface area contributed by atoms with Crippen LogP contribution in [-0.2, 0) is 4.74 Å². The molecule has 110 valence electrons. The minimum absolute atomic E-state index is 0.111. The summed E-state index contributed by atoms with van der Waals surface area (Å²) in [6, 6.07) is 1.03. The van der Waals surface area contributed by atoms with Gasteiger partial charge in [-0.25, -0.2) is 0 Å². The third kappa shape index (κ3) is 2.83. The van der Waals surface area contributed by atoms with Crippen LogP contribution in [0, 0.1) is 6.92 Å². The molecule has 2 saturated heterocycles. The summed E-state index contributed by atoms with van der Waals surface area (Å²) in [6.07, 6.45) is 3.31. The maximum Gasteiger partial charge on any atom is 0.292 e. The number of hydrogen-bond acceptors (Lipinski definition) is 6. The Morgan fingerprint density at radius 2 is 2.20 bits per heavy atom. The van der Waals surface area contributed by atoms with Gasteiger partial charge in [0, 0.05) is 45.3 Å². The van der Waals surface area contributed by atoms with Gasteiger partial charge in [-0.2, -0.15) is 4.98 Å². The van der Waals surface area contributed by atoms with E-state index in [4.69, 9.17) is 9.26 Å². The number of aryl methyl sites for hydroxylation is 1. The number of likely N-dealkylation sites (tertiary alicyclic amines) is 1. The van der Waals surface area contributed by atoms with E-state index >= 15 is 0 Å². The number of rotatable bonds is 4. The fourth-order valence-corrected chi connectivity index (χ4v) is 2.86. The zero-order chi connectivity index (χ0) is 13.9. The van der Waals surface area contributed by atoms with Crippen molar-refractivity contribution in [2.24, 2.45) is 0 Å².